The predicted octanol–water partition coefficient (Wildman–Crippen LogP) is 1.94. The van der Waals surface area contributed by atoms with Gasteiger partial charge in [0.15, 0.2) is 0 Å². The molecule has 0 aliphatic carbocycles. The smallest absolute Gasteiger partial charge is 0.335 e. The zero-order valence-corrected chi connectivity index (χ0v) is 12.0. The Balaban J connectivity index is 2.24. The molecular weight excluding hydrogens is 256 g/mol. The van der Waals surface area contributed by atoms with Crippen molar-refractivity contribution in [2.75, 3.05) is 18.0 Å². The summed E-state index contributed by atoms with van der Waals surface area (Å²) in [7, 11) is 0. The minimum atomic E-state index is -0.919. The molecule has 0 spiro atoms. The van der Waals surface area contributed by atoms with Crippen LogP contribution in [0.4, 0.5) is 5.82 Å². The third-order valence-corrected chi connectivity index (χ3v) is 3.85. The lowest BCUT2D eigenvalue weighted by atomic mass is 10.0. The quantitative estimate of drug-likeness (QED) is 0.861. The Hall–Kier alpha value is -1.62. The van der Waals surface area contributed by atoms with E-state index in [1.54, 1.807) is 19.1 Å². The highest BCUT2D eigenvalue weighted by molar-refractivity contribution is 5.88. The summed E-state index contributed by atoms with van der Waals surface area (Å²) in [5, 5.41) is 18.9. The molecule has 0 amide bonds. The Bertz CT molecular complexity index is 488. The van der Waals surface area contributed by atoms with Crippen molar-refractivity contribution < 1.29 is 15.0 Å². The first-order valence-corrected chi connectivity index (χ1v) is 7.18. The van der Waals surface area contributed by atoms with Crippen LogP contribution in [-0.4, -0.2) is 40.4 Å². The van der Waals surface area contributed by atoms with Gasteiger partial charge >= 0.3 is 5.97 Å². The summed E-state index contributed by atoms with van der Waals surface area (Å²) in [5.74, 6) is 0.0358. The molecule has 0 bridgehead atoms. The lowest BCUT2D eigenvalue weighted by Gasteiger charge is -2.20. The minimum Gasteiger partial charge on any atom is -0.478 e. The van der Waals surface area contributed by atoms with Crippen LogP contribution in [0, 0.1) is 5.92 Å². The van der Waals surface area contributed by atoms with Crippen molar-refractivity contribution in [2.24, 2.45) is 5.92 Å². The Morgan fingerprint density at radius 3 is 2.85 bits per heavy atom. The molecule has 5 heteroatoms. The van der Waals surface area contributed by atoms with Gasteiger partial charge in [0.1, 0.15) is 5.82 Å². The lowest BCUT2D eigenvalue weighted by Crippen LogP contribution is -2.25. The molecular formula is C15H22N2O3. The second kappa shape index (κ2) is 6.22. The summed E-state index contributed by atoms with van der Waals surface area (Å²) in [6.45, 7) is 5.41. The van der Waals surface area contributed by atoms with E-state index in [1.165, 1.54) is 0 Å². The van der Waals surface area contributed by atoms with Gasteiger partial charge in [-0.2, -0.15) is 0 Å². The number of carbonyl (C=O) groups is 1. The second-order valence-electron chi connectivity index (χ2n) is 5.50. The van der Waals surface area contributed by atoms with Gasteiger partial charge in [0.25, 0.3) is 0 Å². The molecule has 2 atom stereocenters. The molecule has 2 heterocycles. The number of aliphatic hydroxyl groups is 1. The number of pyridine rings is 1. The van der Waals surface area contributed by atoms with Crippen molar-refractivity contribution in [2.45, 2.75) is 39.2 Å². The fourth-order valence-electron chi connectivity index (χ4n) is 2.63. The molecule has 1 fully saturated rings. The molecule has 1 aliphatic heterocycles. The van der Waals surface area contributed by atoms with Crippen LogP contribution in [-0.2, 0) is 6.42 Å². The van der Waals surface area contributed by atoms with E-state index in [2.05, 4.69) is 9.88 Å². The van der Waals surface area contributed by atoms with E-state index in [0.29, 0.717) is 5.56 Å². The summed E-state index contributed by atoms with van der Waals surface area (Å²) in [4.78, 5) is 17.8. The first kappa shape index (κ1) is 14.8. The van der Waals surface area contributed by atoms with Crippen LogP contribution in [0.5, 0.6) is 0 Å². The molecule has 110 valence electrons. The molecule has 0 radical (unpaired) electrons. The summed E-state index contributed by atoms with van der Waals surface area (Å²) in [5.41, 5.74) is 1.11. The van der Waals surface area contributed by atoms with Crippen LogP contribution >= 0.6 is 0 Å². The standard InChI is InChI=1S/C15H22N2O3/c1-3-4-13-7-12(15(19)20)8-14(16-13)17-6-5-11(9-17)10(2)18/h7-8,10-11,18H,3-6,9H2,1-2H3,(H,19,20). The van der Waals surface area contributed by atoms with E-state index in [0.717, 1.165) is 43.9 Å². The van der Waals surface area contributed by atoms with Crippen LogP contribution in [0.15, 0.2) is 12.1 Å². The topological polar surface area (TPSA) is 73.7 Å². The van der Waals surface area contributed by atoms with Gasteiger partial charge in [-0.05, 0) is 31.9 Å². The number of rotatable bonds is 5. The summed E-state index contributed by atoms with van der Waals surface area (Å²) >= 11 is 0. The van der Waals surface area contributed by atoms with Crippen LogP contribution in [0.2, 0.25) is 0 Å². The van der Waals surface area contributed by atoms with Crippen LogP contribution < -0.4 is 4.90 Å². The molecule has 2 unspecified atom stereocenters. The molecule has 5 nitrogen and oxygen atoms in total. The fourth-order valence-corrected chi connectivity index (χ4v) is 2.63. The molecule has 2 rings (SSSR count). The monoisotopic (exact) mass is 278 g/mol. The van der Waals surface area contributed by atoms with Gasteiger partial charge in [0.05, 0.1) is 11.7 Å². The maximum absolute atomic E-state index is 11.2. The van der Waals surface area contributed by atoms with Crippen molar-refractivity contribution in [3.63, 3.8) is 0 Å². The fraction of sp³-hybridized carbons (Fsp3) is 0.600. The lowest BCUT2D eigenvalue weighted by molar-refractivity contribution is 0.0696. The summed E-state index contributed by atoms with van der Waals surface area (Å²) in [6.07, 6.45) is 2.30. The molecule has 20 heavy (non-hydrogen) atoms. The van der Waals surface area contributed by atoms with Gasteiger partial charge in [-0.3, -0.25) is 0 Å². The zero-order valence-electron chi connectivity index (χ0n) is 12.0. The number of aromatic carboxylic acids is 1. The maximum atomic E-state index is 11.2. The van der Waals surface area contributed by atoms with Crippen molar-refractivity contribution in [1.82, 2.24) is 4.98 Å². The SMILES string of the molecule is CCCc1cc(C(=O)O)cc(N2CCC(C(C)O)C2)n1. The molecule has 1 saturated heterocycles. The van der Waals surface area contributed by atoms with Crippen molar-refractivity contribution >= 4 is 11.8 Å². The first-order valence-electron chi connectivity index (χ1n) is 7.18. The number of nitrogens with zero attached hydrogens (tertiary/aromatic N) is 2. The van der Waals surface area contributed by atoms with Gasteiger partial charge in [-0.25, -0.2) is 9.78 Å². The van der Waals surface area contributed by atoms with E-state index >= 15 is 0 Å². The predicted molar refractivity (Wildman–Crippen MR) is 77.2 cm³/mol. The van der Waals surface area contributed by atoms with E-state index in [9.17, 15) is 15.0 Å². The number of aromatic nitrogens is 1. The Morgan fingerprint density at radius 1 is 1.55 bits per heavy atom. The Kier molecular flexibility index (Phi) is 4.60. The average Bonchev–Trinajstić information content (AvgIpc) is 2.88. The zero-order chi connectivity index (χ0) is 14.7. The molecule has 0 aromatic carbocycles. The van der Waals surface area contributed by atoms with Gasteiger partial charge in [0.2, 0.25) is 0 Å². The molecule has 1 aliphatic rings. The Morgan fingerprint density at radius 2 is 2.30 bits per heavy atom. The van der Waals surface area contributed by atoms with Gasteiger partial charge in [-0.1, -0.05) is 13.3 Å². The number of aliphatic hydroxyl groups excluding tert-OH is 1. The normalized spacial score (nSPS) is 20.1. The van der Waals surface area contributed by atoms with Crippen molar-refractivity contribution in [3.05, 3.63) is 23.4 Å². The number of hydrogen-bond donors (Lipinski definition) is 2. The van der Waals surface area contributed by atoms with Gasteiger partial charge < -0.3 is 15.1 Å². The number of anilines is 1. The van der Waals surface area contributed by atoms with E-state index < -0.39 is 5.97 Å². The Labute approximate surface area is 119 Å². The van der Waals surface area contributed by atoms with Gasteiger partial charge in [-0.15, -0.1) is 0 Å². The highest BCUT2D eigenvalue weighted by atomic mass is 16.4. The summed E-state index contributed by atoms with van der Waals surface area (Å²) in [6, 6.07) is 3.28. The highest BCUT2D eigenvalue weighted by Gasteiger charge is 2.27. The van der Waals surface area contributed by atoms with E-state index in [4.69, 9.17) is 0 Å². The third kappa shape index (κ3) is 3.28. The largest absolute Gasteiger partial charge is 0.478 e. The molecule has 2 N–H and O–H groups in total. The third-order valence-electron chi connectivity index (χ3n) is 3.85. The van der Waals surface area contributed by atoms with Crippen molar-refractivity contribution in [3.8, 4) is 0 Å². The molecule has 1 aromatic heterocycles. The molecule has 0 saturated carbocycles. The molecule has 1 aromatic rings. The van der Waals surface area contributed by atoms with E-state index in [-0.39, 0.29) is 12.0 Å². The number of carboxylic acids is 1. The number of aryl methyl sites for hydroxylation is 1. The van der Waals surface area contributed by atoms with Crippen LogP contribution in [0.25, 0.3) is 0 Å². The first-order chi connectivity index (χ1) is 9.51. The second-order valence-corrected chi connectivity index (χ2v) is 5.50. The highest BCUT2D eigenvalue weighted by Crippen LogP contribution is 2.25. The van der Waals surface area contributed by atoms with Crippen LogP contribution in [0.1, 0.15) is 42.7 Å². The average molecular weight is 278 g/mol. The maximum Gasteiger partial charge on any atom is 0.335 e. The van der Waals surface area contributed by atoms with E-state index in [1.807, 2.05) is 6.92 Å². The van der Waals surface area contributed by atoms with Crippen molar-refractivity contribution in [1.29, 1.82) is 0 Å². The number of carboxylic acid groups (broad SMARTS) is 1. The number of hydrogen-bond acceptors (Lipinski definition) is 4. The summed E-state index contributed by atoms with van der Waals surface area (Å²) < 4.78 is 0. The minimum absolute atomic E-state index is 0.236. The van der Waals surface area contributed by atoms with Crippen LogP contribution in [0.3, 0.4) is 0 Å². The van der Waals surface area contributed by atoms with Gasteiger partial charge in [0, 0.05) is 24.7 Å².